The molecule has 1 aliphatic heterocycles. The van der Waals surface area contributed by atoms with Crippen LogP contribution in [0.3, 0.4) is 0 Å². The number of aryl methyl sites for hydroxylation is 1. The Balaban J connectivity index is 1.80. The smallest absolute Gasteiger partial charge is 0.261 e. The lowest BCUT2D eigenvalue weighted by atomic mass is 10.0. The minimum absolute atomic E-state index is 0.0186. The molecule has 2 amide bonds. The van der Waals surface area contributed by atoms with E-state index in [0.29, 0.717) is 0 Å². The molecule has 0 radical (unpaired) electrons. The Morgan fingerprint density at radius 3 is 2.38 bits per heavy atom. The number of carbonyl (C=O) groups is 2. The molecule has 0 aliphatic carbocycles. The number of piperidine rings is 1. The summed E-state index contributed by atoms with van der Waals surface area (Å²) < 4.78 is 0. The van der Waals surface area contributed by atoms with Crippen LogP contribution in [-0.2, 0) is 4.79 Å². The maximum absolute atomic E-state index is 12.3. The SMILES string of the molecule is Cc1ccc(C(=O)NC2CCN([C@H](C)C(=O)NC(C)(C)C)CC2)s1. The van der Waals surface area contributed by atoms with Gasteiger partial charge in [0.05, 0.1) is 10.9 Å². The zero-order valence-corrected chi connectivity index (χ0v) is 16.1. The van der Waals surface area contributed by atoms with Gasteiger partial charge in [0.2, 0.25) is 5.91 Å². The normalized spacial score (nSPS) is 18.2. The van der Waals surface area contributed by atoms with Crippen molar-refractivity contribution < 1.29 is 9.59 Å². The van der Waals surface area contributed by atoms with Crippen molar-refractivity contribution in [2.75, 3.05) is 13.1 Å². The molecular weight excluding hydrogens is 322 g/mol. The Bertz CT molecular complexity index is 583. The molecule has 1 fully saturated rings. The van der Waals surface area contributed by atoms with Gasteiger partial charge in [0.1, 0.15) is 0 Å². The molecule has 2 heterocycles. The molecule has 1 atom stereocenters. The van der Waals surface area contributed by atoms with E-state index in [4.69, 9.17) is 0 Å². The van der Waals surface area contributed by atoms with Crippen molar-refractivity contribution in [3.63, 3.8) is 0 Å². The van der Waals surface area contributed by atoms with Gasteiger partial charge in [-0.3, -0.25) is 14.5 Å². The van der Waals surface area contributed by atoms with E-state index in [1.165, 1.54) is 11.3 Å². The van der Waals surface area contributed by atoms with Crippen LogP contribution in [-0.4, -0.2) is 47.4 Å². The number of likely N-dealkylation sites (tertiary alicyclic amines) is 1. The van der Waals surface area contributed by atoms with Crippen molar-refractivity contribution in [2.24, 2.45) is 0 Å². The second kappa shape index (κ2) is 7.66. The molecule has 0 bridgehead atoms. The lowest BCUT2D eigenvalue weighted by Crippen LogP contribution is -2.54. The summed E-state index contributed by atoms with van der Waals surface area (Å²) in [5.74, 6) is 0.0871. The summed E-state index contributed by atoms with van der Waals surface area (Å²) >= 11 is 1.52. The van der Waals surface area contributed by atoms with Crippen LogP contribution in [0.5, 0.6) is 0 Å². The fourth-order valence-corrected chi connectivity index (χ4v) is 3.65. The third kappa shape index (κ3) is 5.31. The Morgan fingerprint density at radius 1 is 1.25 bits per heavy atom. The van der Waals surface area contributed by atoms with Crippen LogP contribution in [0.2, 0.25) is 0 Å². The molecule has 0 saturated carbocycles. The summed E-state index contributed by atoms with van der Waals surface area (Å²) in [6.07, 6.45) is 1.76. The lowest BCUT2D eigenvalue weighted by molar-refractivity contribution is -0.127. The summed E-state index contributed by atoms with van der Waals surface area (Å²) in [7, 11) is 0. The fraction of sp³-hybridized carbons (Fsp3) is 0.667. The fourth-order valence-electron chi connectivity index (χ4n) is 2.88. The third-order valence-electron chi connectivity index (χ3n) is 4.25. The van der Waals surface area contributed by atoms with E-state index >= 15 is 0 Å². The highest BCUT2D eigenvalue weighted by molar-refractivity contribution is 7.13. The summed E-state index contributed by atoms with van der Waals surface area (Å²) in [5, 5.41) is 6.15. The van der Waals surface area contributed by atoms with Gasteiger partial charge in [-0.2, -0.15) is 0 Å². The van der Waals surface area contributed by atoms with E-state index < -0.39 is 0 Å². The average molecular weight is 352 g/mol. The molecule has 0 unspecified atom stereocenters. The predicted octanol–water partition coefficient (Wildman–Crippen LogP) is 2.55. The molecule has 6 heteroatoms. The number of thiophene rings is 1. The topological polar surface area (TPSA) is 61.4 Å². The molecule has 2 N–H and O–H groups in total. The van der Waals surface area contributed by atoms with Crippen molar-refractivity contribution in [3.8, 4) is 0 Å². The van der Waals surface area contributed by atoms with Crippen LogP contribution in [0.1, 0.15) is 55.1 Å². The van der Waals surface area contributed by atoms with Crippen molar-refractivity contribution >= 4 is 23.2 Å². The van der Waals surface area contributed by atoms with Crippen LogP contribution in [0, 0.1) is 6.92 Å². The summed E-state index contributed by atoms with van der Waals surface area (Å²) in [6, 6.07) is 3.90. The molecule has 134 valence electrons. The van der Waals surface area contributed by atoms with Crippen LogP contribution in [0.4, 0.5) is 0 Å². The number of amides is 2. The number of hydrogen-bond donors (Lipinski definition) is 2. The van der Waals surface area contributed by atoms with Gasteiger partial charge < -0.3 is 10.6 Å². The number of nitrogens with one attached hydrogen (secondary N) is 2. The van der Waals surface area contributed by atoms with E-state index in [0.717, 1.165) is 35.7 Å². The molecule has 1 aromatic rings. The highest BCUT2D eigenvalue weighted by Crippen LogP contribution is 2.18. The predicted molar refractivity (Wildman–Crippen MR) is 98.5 cm³/mol. The minimum atomic E-state index is -0.212. The maximum Gasteiger partial charge on any atom is 0.261 e. The molecule has 1 saturated heterocycles. The van der Waals surface area contributed by atoms with E-state index in [1.54, 1.807) is 0 Å². The standard InChI is InChI=1S/C18H29N3O2S/c1-12-6-7-15(24-12)17(23)19-14-8-10-21(11-9-14)13(2)16(22)20-18(3,4)5/h6-7,13-14H,8-11H2,1-5H3,(H,19,23)(H,20,22)/t13-/m1/s1. The van der Waals surface area contributed by atoms with Crippen molar-refractivity contribution in [2.45, 2.75) is 65.1 Å². The number of nitrogens with zero attached hydrogens (tertiary/aromatic N) is 1. The van der Waals surface area contributed by atoms with Crippen molar-refractivity contribution in [1.29, 1.82) is 0 Å². The van der Waals surface area contributed by atoms with Crippen LogP contribution in [0.15, 0.2) is 12.1 Å². The second-order valence-corrected chi connectivity index (χ2v) is 8.90. The van der Waals surface area contributed by atoms with E-state index in [1.807, 2.05) is 46.8 Å². The number of rotatable bonds is 4. The van der Waals surface area contributed by atoms with Crippen LogP contribution in [0.25, 0.3) is 0 Å². The van der Waals surface area contributed by atoms with Gasteiger partial charge in [-0.15, -0.1) is 11.3 Å². The molecule has 1 aliphatic rings. The van der Waals surface area contributed by atoms with Gasteiger partial charge in [0.25, 0.3) is 5.91 Å². The number of hydrogen-bond acceptors (Lipinski definition) is 4. The Morgan fingerprint density at radius 2 is 1.88 bits per heavy atom. The molecule has 0 aromatic carbocycles. The number of carbonyl (C=O) groups excluding carboxylic acids is 2. The lowest BCUT2D eigenvalue weighted by Gasteiger charge is -2.36. The first-order chi connectivity index (χ1) is 11.2. The first-order valence-electron chi connectivity index (χ1n) is 8.59. The zero-order valence-electron chi connectivity index (χ0n) is 15.3. The quantitative estimate of drug-likeness (QED) is 0.876. The Labute approximate surface area is 148 Å². The van der Waals surface area contributed by atoms with E-state index in [9.17, 15) is 9.59 Å². The first kappa shape index (κ1) is 18.9. The van der Waals surface area contributed by atoms with Gasteiger partial charge >= 0.3 is 0 Å². The average Bonchev–Trinajstić information content (AvgIpc) is 2.92. The van der Waals surface area contributed by atoms with Gasteiger partial charge in [0.15, 0.2) is 0 Å². The van der Waals surface area contributed by atoms with Gasteiger partial charge in [-0.25, -0.2) is 0 Å². The van der Waals surface area contributed by atoms with Crippen LogP contribution >= 0.6 is 11.3 Å². The van der Waals surface area contributed by atoms with Crippen molar-refractivity contribution in [1.82, 2.24) is 15.5 Å². The summed E-state index contributed by atoms with van der Waals surface area (Å²) in [5.41, 5.74) is -0.212. The molecule has 5 nitrogen and oxygen atoms in total. The van der Waals surface area contributed by atoms with Crippen molar-refractivity contribution in [3.05, 3.63) is 21.9 Å². The Kier molecular flexibility index (Phi) is 6.04. The van der Waals surface area contributed by atoms with E-state index in [2.05, 4.69) is 15.5 Å². The summed E-state index contributed by atoms with van der Waals surface area (Å²) in [6.45, 7) is 11.6. The first-order valence-corrected chi connectivity index (χ1v) is 9.41. The van der Waals surface area contributed by atoms with E-state index in [-0.39, 0.29) is 29.4 Å². The monoisotopic (exact) mass is 351 g/mol. The highest BCUT2D eigenvalue weighted by atomic mass is 32.1. The Hall–Kier alpha value is -1.40. The molecule has 24 heavy (non-hydrogen) atoms. The molecule has 0 spiro atoms. The minimum Gasteiger partial charge on any atom is -0.350 e. The van der Waals surface area contributed by atoms with Gasteiger partial charge in [0, 0.05) is 29.5 Å². The molecule has 2 rings (SSSR count). The maximum atomic E-state index is 12.3. The largest absolute Gasteiger partial charge is 0.350 e. The zero-order chi connectivity index (χ0) is 17.9. The third-order valence-corrected chi connectivity index (χ3v) is 5.25. The van der Waals surface area contributed by atoms with Gasteiger partial charge in [-0.1, -0.05) is 0 Å². The summed E-state index contributed by atoms with van der Waals surface area (Å²) in [4.78, 5) is 28.6. The van der Waals surface area contributed by atoms with Gasteiger partial charge in [-0.05, 0) is 59.6 Å². The molecule has 1 aromatic heterocycles. The second-order valence-electron chi connectivity index (χ2n) is 7.61. The highest BCUT2D eigenvalue weighted by Gasteiger charge is 2.29. The molecular formula is C18H29N3O2S. The van der Waals surface area contributed by atoms with Crippen LogP contribution < -0.4 is 10.6 Å².